The Morgan fingerprint density at radius 2 is 1.88 bits per heavy atom. The molecule has 134 valence electrons. The van der Waals surface area contributed by atoms with Crippen LogP contribution >= 0.6 is 22.6 Å². The molecule has 0 fully saturated rings. The summed E-state index contributed by atoms with van der Waals surface area (Å²) in [4.78, 5) is 32.7. The van der Waals surface area contributed by atoms with Crippen molar-refractivity contribution in [3.63, 3.8) is 0 Å². The second-order valence-electron chi connectivity index (χ2n) is 5.37. The van der Waals surface area contributed by atoms with E-state index in [0.29, 0.717) is 12.2 Å². The van der Waals surface area contributed by atoms with Gasteiger partial charge in [-0.25, -0.2) is 9.36 Å². The van der Waals surface area contributed by atoms with Crippen LogP contribution in [0.3, 0.4) is 0 Å². The van der Waals surface area contributed by atoms with Crippen molar-refractivity contribution in [1.29, 1.82) is 0 Å². The maximum absolute atomic E-state index is 12.1. The Labute approximate surface area is 159 Å². The van der Waals surface area contributed by atoms with Gasteiger partial charge < -0.3 is 10.0 Å². The molecule has 0 aliphatic carbocycles. The summed E-state index contributed by atoms with van der Waals surface area (Å²) in [6, 6.07) is 7.01. The van der Waals surface area contributed by atoms with Crippen LogP contribution < -0.4 is 11.2 Å². The van der Waals surface area contributed by atoms with Gasteiger partial charge in [-0.2, -0.15) is 0 Å². The number of nitrogens with zero attached hydrogens (tertiary/aromatic N) is 3. The molecule has 1 aromatic heterocycles. The lowest BCUT2D eigenvalue weighted by Crippen LogP contribution is -2.31. The molecule has 0 bridgehead atoms. The van der Waals surface area contributed by atoms with Gasteiger partial charge in [0.1, 0.15) is 5.56 Å². The minimum Gasteiger partial charge on any atom is -0.493 e. The summed E-state index contributed by atoms with van der Waals surface area (Å²) in [7, 11) is 0. The average molecular weight is 456 g/mol. The Kier molecular flexibility index (Phi) is 6.94. The Morgan fingerprint density at radius 1 is 1.24 bits per heavy atom. The van der Waals surface area contributed by atoms with Gasteiger partial charge in [0, 0.05) is 16.3 Å². The van der Waals surface area contributed by atoms with E-state index in [4.69, 9.17) is 0 Å². The van der Waals surface area contributed by atoms with Crippen LogP contribution in [-0.2, 0) is 0 Å². The monoisotopic (exact) mass is 456 g/mol. The van der Waals surface area contributed by atoms with Gasteiger partial charge in [-0.3, -0.25) is 14.8 Å². The maximum Gasteiger partial charge on any atom is 0.335 e. The molecule has 0 aliphatic heterocycles. The third-order valence-electron chi connectivity index (χ3n) is 3.87. The summed E-state index contributed by atoms with van der Waals surface area (Å²) in [6.45, 7) is 7.26. The Balaban J connectivity index is 2.33. The minimum atomic E-state index is -0.691. The van der Waals surface area contributed by atoms with Gasteiger partial charge in [0.2, 0.25) is 5.88 Å². The van der Waals surface area contributed by atoms with Crippen LogP contribution in [0.1, 0.15) is 19.4 Å². The van der Waals surface area contributed by atoms with E-state index < -0.39 is 17.1 Å². The lowest BCUT2D eigenvalue weighted by Gasteiger charge is -2.15. The molecule has 7 nitrogen and oxygen atoms in total. The van der Waals surface area contributed by atoms with Crippen molar-refractivity contribution in [2.75, 3.05) is 26.2 Å². The second-order valence-corrected chi connectivity index (χ2v) is 6.62. The first-order valence-corrected chi connectivity index (χ1v) is 9.12. The van der Waals surface area contributed by atoms with Crippen molar-refractivity contribution < 1.29 is 5.11 Å². The van der Waals surface area contributed by atoms with Crippen molar-refractivity contribution >= 4 is 28.8 Å². The highest BCUT2D eigenvalue weighted by molar-refractivity contribution is 14.1. The summed E-state index contributed by atoms with van der Waals surface area (Å²) >= 11 is 2.15. The van der Waals surface area contributed by atoms with Crippen LogP contribution in [0.4, 0.5) is 0 Å². The molecule has 2 N–H and O–H groups in total. The van der Waals surface area contributed by atoms with E-state index in [1.54, 1.807) is 12.1 Å². The fourth-order valence-corrected chi connectivity index (χ4v) is 2.74. The molecule has 0 spiro atoms. The lowest BCUT2D eigenvalue weighted by atomic mass is 10.3. The molecule has 1 heterocycles. The molecule has 1 aromatic carbocycles. The van der Waals surface area contributed by atoms with Gasteiger partial charge in [0.15, 0.2) is 0 Å². The van der Waals surface area contributed by atoms with Crippen molar-refractivity contribution in [3.8, 4) is 11.6 Å². The Hall–Kier alpha value is -1.94. The minimum absolute atomic E-state index is 0.0299. The van der Waals surface area contributed by atoms with Gasteiger partial charge in [0.05, 0.1) is 12.2 Å². The zero-order valence-electron chi connectivity index (χ0n) is 14.2. The quantitative estimate of drug-likeness (QED) is 0.489. The van der Waals surface area contributed by atoms with Gasteiger partial charge >= 0.3 is 5.69 Å². The van der Waals surface area contributed by atoms with Crippen LogP contribution in [0.15, 0.2) is 38.8 Å². The van der Waals surface area contributed by atoms with Gasteiger partial charge in [-0.15, -0.1) is 0 Å². The fourth-order valence-electron chi connectivity index (χ4n) is 2.38. The molecule has 0 atom stereocenters. The maximum atomic E-state index is 12.1. The van der Waals surface area contributed by atoms with E-state index in [1.165, 1.54) is 6.21 Å². The molecule has 0 saturated heterocycles. The van der Waals surface area contributed by atoms with Gasteiger partial charge in [0.25, 0.3) is 5.56 Å². The molecule has 2 rings (SSSR count). The molecule has 8 heteroatoms. The Morgan fingerprint density at radius 3 is 2.48 bits per heavy atom. The van der Waals surface area contributed by atoms with Crippen LogP contribution in [-0.4, -0.2) is 52.0 Å². The number of likely N-dealkylation sites (N-methyl/N-ethyl adjacent to an activating group) is 1. The smallest absolute Gasteiger partial charge is 0.335 e. The van der Waals surface area contributed by atoms with Gasteiger partial charge in [-0.05, 0) is 59.9 Å². The van der Waals surface area contributed by atoms with E-state index >= 15 is 0 Å². The number of hydrogen-bond donors (Lipinski definition) is 2. The number of aromatic hydroxyl groups is 1. The van der Waals surface area contributed by atoms with Crippen LogP contribution in [0.2, 0.25) is 0 Å². The summed E-state index contributed by atoms with van der Waals surface area (Å²) in [5.74, 6) is -0.415. The third kappa shape index (κ3) is 4.79. The van der Waals surface area contributed by atoms with E-state index in [2.05, 4.69) is 51.3 Å². The number of rotatable bonds is 7. The lowest BCUT2D eigenvalue weighted by molar-refractivity contribution is 0.313. The highest BCUT2D eigenvalue weighted by Crippen LogP contribution is 2.16. The zero-order chi connectivity index (χ0) is 18.4. The fraction of sp³-hybridized carbons (Fsp3) is 0.353. The van der Waals surface area contributed by atoms with E-state index in [1.807, 2.05) is 12.1 Å². The summed E-state index contributed by atoms with van der Waals surface area (Å²) in [5, 5.41) is 10.4. The predicted molar refractivity (Wildman–Crippen MR) is 107 cm³/mol. The number of halogens is 1. The van der Waals surface area contributed by atoms with E-state index in [-0.39, 0.29) is 5.56 Å². The van der Waals surface area contributed by atoms with Crippen molar-refractivity contribution in [2.45, 2.75) is 13.8 Å². The van der Waals surface area contributed by atoms with Crippen molar-refractivity contribution in [2.24, 2.45) is 4.99 Å². The molecule has 0 radical (unpaired) electrons. The SMILES string of the molecule is CCN(CC)CCN=Cc1c(O)n(-c2ccc(I)cc2)c(=O)[nH]c1=O. The first-order valence-electron chi connectivity index (χ1n) is 8.04. The Bertz CT molecular complexity index is 852. The summed E-state index contributed by atoms with van der Waals surface area (Å²) < 4.78 is 2.06. The highest BCUT2D eigenvalue weighted by atomic mass is 127. The molecular weight excluding hydrogens is 435 g/mol. The van der Waals surface area contributed by atoms with Crippen LogP contribution in [0.5, 0.6) is 5.88 Å². The second kappa shape index (κ2) is 8.95. The molecule has 0 unspecified atom stereocenters. The number of benzene rings is 1. The number of aromatic nitrogens is 2. The molecule has 0 amide bonds. The van der Waals surface area contributed by atoms with Crippen LogP contribution in [0, 0.1) is 3.57 Å². The van der Waals surface area contributed by atoms with Crippen molar-refractivity contribution in [3.05, 3.63) is 54.2 Å². The number of aromatic amines is 1. The average Bonchev–Trinajstić information content (AvgIpc) is 2.59. The molecule has 2 aromatic rings. The van der Waals surface area contributed by atoms with Crippen LogP contribution in [0.25, 0.3) is 5.69 Å². The number of nitrogens with one attached hydrogen (secondary N) is 1. The molecular formula is C17H21IN4O3. The standard InChI is InChI=1S/C17H21IN4O3/c1-3-21(4-2)10-9-19-11-14-15(23)20-17(25)22(16(14)24)13-7-5-12(18)6-8-13/h5-8,11,24H,3-4,9-10H2,1-2H3,(H,20,23,25). The molecule has 0 aliphatic rings. The first kappa shape index (κ1) is 19.4. The number of H-pyrrole nitrogens is 1. The topological polar surface area (TPSA) is 90.7 Å². The number of aliphatic imine (C=N–C) groups is 1. The number of hydrogen-bond acceptors (Lipinski definition) is 5. The van der Waals surface area contributed by atoms with E-state index in [9.17, 15) is 14.7 Å². The van der Waals surface area contributed by atoms with Gasteiger partial charge in [-0.1, -0.05) is 13.8 Å². The molecule has 0 saturated carbocycles. The summed E-state index contributed by atoms with van der Waals surface area (Å²) in [5.41, 5.74) is -0.908. The first-order chi connectivity index (χ1) is 12.0. The van der Waals surface area contributed by atoms with Crippen molar-refractivity contribution in [1.82, 2.24) is 14.5 Å². The predicted octanol–water partition coefficient (Wildman–Crippen LogP) is 1.60. The highest BCUT2D eigenvalue weighted by Gasteiger charge is 2.14. The largest absolute Gasteiger partial charge is 0.493 e. The zero-order valence-corrected chi connectivity index (χ0v) is 16.4. The summed E-state index contributed by atoms with van der Waals surface area (Å²) in [6.07, 6.45) is 1.32. The van der Waals surface area contributed by atoms with E-state index in [0.717, 1.165) is 27.8 Å². The third-order valence-corrected chi connectivity index (χ3v) is 4.59. The normalized spacial score (nSPS) is 11.5. The molecule has 25 heavy (non-hydrogen) atoms.